The molecular formula is C17H24N2O. The maximum absolute atomic E-state index is 12.1. The molecule has 1 aromatic rings. The molecule has 1 saturated carbocycles. The maximum Gasteiger partial charge on any atom is 0.228 e. The zero-order valence-electron chi connectivity index (χ0n) is 12.4. The fraction of sp³-hybridized carbons (Fsp3) is 0.588. The van der Waals surface area contributed by atoms with Gasteiger partial charge in [0.05, 0.1) is 0 Å². The van der Waals surface area contributed by atoms with Crippen LogP contribution in [-0.4, -0.2) is 19.5 Å². The number of rotatable bonds is 3. The van der Waals surface area contributed by atoms with E-state index in [2.05, 4.69) is 24.4 Å². The lowest BCUT2D eigenvalue weighted by Crippen LogP contribution is -2.39. The quantitative estimate of drug-likeness (QED) is 0.917. The van der Waals surface area contributed by atoms with Gasteiger partial charge in [0.1, 0.15) is 0 Å². The standard InChI is InChI=1S/C17H24N2O/c1-12-6-5-7-13(12)11-18-15-10-17(20)19(2)16-9-4-3-8-14(15)16/h3-4,8-9,12-13,15,18H,5-7,10-11H2,1-2H3. The topological polar surface area (TPSA) is 32.3 Å². The largest absolute Gasteiger partial charge is 0.315 e. The molecule has 3 nitrogen and oxygen atoms in total. The van der Waals surface area contributed by atoms with E-state index in [1.165, 1.54) is 24.8 Å². The van der Waals surface area contributed by atoms with Gasteiger partial charge < -0.3 is 10.2 Å². The van der Waals surface area contributed by atoms with E-state index in [4.69, 9.17) is 0 Å². The Hall–Kier alpha value is -1.35. The van der Waals surface area contributed by atoms with Crippen LogP contribution in [0.5, 0.6) is 0 Å². The van der Waals surface area contributed by atoms with Gasteiger partial charge in [-0.25, -0.2) is 0 Å². The van der Waals surface area contributed by atoms with Crippen molar-refractivity contribution in [1.82, 2.24) is 5.32 Å². The molecule has 20 heavy (non-hydrogen) atoms. The minimum absolute atomic E-state index is 0.183. The first kappa shape index (κ1) is 13.6. The van der Waals surface area contributed by atoms with E-state index >= 15 is 0 Å². The van der Waals surface area contributed by atoms with Crippen molar-refractivity contribution < 1.29 is 4.79 Å². The second kappa shape index (κ2) is 5.57. The number of nitrogens with one attached hydrogen (secondary N) is 1. The minimum atomic E-state index is 0.183. The lowest BCUT2D eigenvalue weighted by molar-refractivity contribution is -0.119. The molecule has 1 N–H and O–H groups in total. The van der Waals surface area contributed by atoms with Gasteiger partial charge in [-0.3, -0.25) is 4.79 Å². The summed E-state index contributed by atoms with van der Waals surface area (Å²) in [7, 11) is 1.87. The second-order valence-electron chi connectivity index (χ2n) is 6.34. The van der Waals surface area contributed by atoms with Crippen molar-refractivity contribution in [3.63, 3.8) is 0 Å². The fourth-order valence-corrected chi connectivity index (χ4v) is 3.64. The summed E-state index contributed by atoms with van der Waals surface area (Å²) < 4.78 is 0. The van der Waals surface area contributed by atoms with Gasteiger partial charge in [-0.1, -0.05) is 38.0 Å². The third kappa shape index (κ3) is 2.47. The summed E-state index contributed by atoms with van der Waals surface area (Å²) in [6, 6.07) is 8.44. The molecular weight excluding hydrogens is 248 g/mol. The van der Waals surface area contributed by atoms with Crippen LogP contribution in [-0.2, 0) is 4.79 Å². The molecule has 1 aromatic carbocycles. The monoisotopic (exact) mass is 272 g/mol. The number of hydrogen-bond donors (Lipinski definition) is 1. The normalized spacial score (nSPS) is 29.6. The van der Waals surface area contributed by atoms with Crippen molar-refractivity contribution in [2.75, 3.05) is 18.5 Å². The average Bonchev–Trinajstić information content (AvgIpc) is 2.87. The van der Waals surface area contributed by atoms with Gasteiger partial charge in [-0.05, 0) is 36.4 Å². The molecule has 0 radical (unpaired) electrons. The van der Waals surface area contributed by atoms with Gasteiger partial charge in [0.15, 0.2) is 0 Å². The van der Waals surface area contributed by atoms with E-state index in [0.717, 1.165) is 24.1 Å². The van der Waals surface area contributed by atoms with Crippen LogP contribution in [0.4, 0.5) is 5.69 Å². The lowest BCUT2D eigenvalue weighted by atomic mass is 9.93. The van der Waals surface area contributed by atoms with E-state index in [-0.39, 0.29) is 11.9 Å². The van der Waals surface area contributed by atoms with Crippen molar-refractivity contribution in [1.29, 1.82) is 0 Å². The molecule has 108 valence electrons. The van der Waals surface area contributed by atoms with Gasteiger partial charge in [-0.15, -0.1) is 0 Å². The van der Waals surface area contributed by atoms with Gasteiger partial charge in [-0.2, -0.15) is 0 Å². The third-order valence-corrected chi connectivity index (χ3v) is 5.09. The summed E-state index contributed by atoms with van der Waals surface area (Å²) in [6.45, 7) is 3.39. The zero-order chi connectivity index (χ0) is 14.1. The highest BCUT2D eigenvalue weighted by atomic mass is 16.2. The first-order valence-electron chi connectivity index (χ1n) is 7.75. The van der Waals surface area contributed by atoms with E-state index < -0.39 is 0 Å². The summed E-state index contributed by atoms with van der Waals surface area (Å²) in [6.07, 6.45) is 4.62. The van der Waals surface area contributed by atoms with E-state index in [0.29, 0.717) is 6.42 Å². The molecule has 3 heteroatoms. The first-order chi connectivity index (χ1) is 9.66. The summed E-state index contributed by atoms with van der Waals surface area (Å²) in [5.41, 5.74) is 2.32. The number of carbonyl (C=O) groups excluding carboxylic acids is 1. The number of amides is 1. The Morgan fingerprint density at radius 2 is 2.10 bits per heavy atom. The first-order valence-corrected chi connectivity index (χ1v) is 7.75. The van der Waals surface area contributed by atoms with Gasteiger partial charge >= 0.3 is 0 Å². The SMILES string of the molecule is CC1CCCC1CNC1CC(=O)N(C)c2ccccc21. The highest BCUT2D eigenvalue weighted by Crippen LogP contribution is 2.35. The van der Waals surface area contributed by atoms with E-state index in [9.17, 15) is 4.79 Å². The Kier molecular flexibility index (Phi) is 3.79. The molecule has 1 amide bonds. The molecule has 1 aliphatic heterocycles. The molecule has 3 rings (SSSR count). The highest BCUT2D eigenvalue weighted by Gasteiger charge is 2.30. The molecule has 3 unspecified atom stereocenters. The number of hydrogen-bond acceptors (Lipinski definition) is 2. The number of benzene rings is 1. The zero-order valence-corrected chi connectivity index (χ0v) is 12.4. The van der Waals surface area contributed by atoms with Crippen LogP contribution in [0.15, 0.2) is 24.3 Å². The Labute approximate surface area is 121 Å². The predicted molar refractivity (Wildman–Crippen MR) is 81.7 cm³/mol. The van der Waals surface area contributed by atoms with Gasteiger partial charge in [0, 0.05) is 25.2 Å². The molecule has 1 fully saturated rings. The van der Waals surface area contributed by atoms with Crippen molar-refractivity contribution >= 4 is 11.6 Å². The summed E-state index contributed by atoms with van der Waals surface area (Å²) >= 11 is 0. The number of carbonyl (C=O) groups is 1. The Balaban J connectivity index is 1.73. The number of anilines is 1. The van der Waals surface area contributed by atoms with Crippen LogP contribution in [0.25, 0.3) is 0 Å². The highest BCUT2D eigenvalue weighted by molar-refractivity contribution is 5.96. The van der Waals surface area contributed by atoms with E-state index in [1.54, 1.807) is 4.90 Å². The van der Waals surface area contributed by atoms with Crippen molar-refractivity contribution in [2.45, 2.75) is 38.6 Å². The van der Waals surface area contributed by atoms with Crippen LogP contribution >= 0.6 is 0 Å². The molecule has 3 atom stereocenters. The van der Waals surface area contributed by atoms with Crippen LogP contribution in [0.3, 0.4) is 0 Å². The van der Waals surface area contributed by atoms with Crippen molar-refractivity contribution in [3.8, 4) is 0 Å². The molecule has 2 aliphatic rings. The summed E-state index contributed by atoms with van der Waals surface area (Å²) in [5, 5.41) is 3.65. The van der Waals surface area contributed by atoms with E-state index in [1.807, 2.05) is 19.2 Å². The molecule has 0 aromatic heterocycles. The number of para-hydroxylation sites is 1. The predicted octanol–water partition coefficient (Wildman–Crippen LogP) is 3.12. The molecule has 0 saturated heterocycles. The third-order valence-electron chi connectivity index (χ3n) is 5.09. The number of fused-ring (bicyclic) bond motifs is 1. The summed E-state index contributed by atoms with van der Waals surface area (Å²) in [5.74, 6) is 1.80. The fourth-order valence-electron chi connectivity index (χ4n) is 3.64. The molecule has 1 aliphatic carbocycles. The molecule has 0 bridgehead atoms. The summed E-state index contributed by atoms with van der Waals surface area (Å²) in [4.78, 5) is 13.9. The molecule has 0 spiro atoms. The Bertz CT molecular complexity index is 500. The molecule has 1 heterocycles. The second-order valence-corrected chi connectivity index (χ2v) is 6.34. The van der Waals surface area contributed by atoms with Crippen molar-refractivity contribution in [3.05, 3.63) is 29.8 Å². The van der Waals surface area contributed by atoms with Crippen LogP contribution in [0.2, 0.25) is 0 Å². The van der Waals surface area contributed by atoms with Crippen LogP contribution < -0.4 is 10.2 Å². The average molecular weight is 272 g/mol. The Morgan fingerprint density at radius 1 is 1.30 bits per heavy atom. The van der Waals surface area contributed by atoms with Gasteiger partial charge in [0.25, 0.3) is 0 Å². The lowest BCUT2D eigenvalue weighted by Gasteiger charge is -2.33. The van der Waals surface area contributed by atoms with Crippen molar-refractivity contribution in [2.24, 2.45) is 11.8 Å². The number of nitrogens with zero attached hydrogens (tertiary/aromatic N) is 1. The van der Waals surface area contributed by atoms with Crippen LogP contribution in [0.1, 0.15) is 44.2 Å². The minimum Gasteiger partial charge on any atom is -0.315 e. The van der Waals surface area contributed by atoms with Crippen LogP contribution in [0, 0.1) is 11.8 Å². The van der Waals surface area contributed by atoms with Gasteiger partial charge in [0.2, 0.25) is 5.91 Å². The maximum atomic E-state index is 12.1. The Morgan fingerprint density at radius 3 is 2.85 bits per heavy atom. The smallest absolute Gasteiger partial charge is 0.228 e.